The fourth-order valence-corrected chi connectivity index (χ4v) is 3.45. The van der Waals surface area contributed by atoms with Gasteiger partial charge in [0, 0.05) is 25.1 Å². The lowest BCUT2D eigenvalue weighted by atomic mass is 9.93. The molecule has 0 aliphatic carbocycles. The minimum atomic E-state index is -0.695. The lowest BCUT2D eigenvalue weighted by molar-refractivity contribution is -0.126. The van der Waals surface area contributed by atoms with Crippen LogP contribution in [0.5, 0.6) is 0 Å². The van der Waals surface area contributed by atoms with E-state index in [2.05, 4.69) is 5.32 Å². The first-order valence-corrected chi connectivity index (χ1v) is 9.06. The van der Waals surface area contributed by atoms with E-state index in [-0.39, 0.29) is 29.9 Å². The number of hydrogen-bond acceptors (Lipinski definition) is 3. The van der Waals surface area contributed by atoms with Crippen LogP contribution in [0.1, 0.15) is 27.2 Å². The van der Waals surface area contributed by atoms with Gasteiger partial charge in [0.2, 0.25) is 5.91 Å². The third kappa shape index (κ3) is 3.53. The van der Waals surface area contributed by atoms with E-state index in [1.54, 1.807) is 30.3 Å². The summed E-state index contributed by atoms with van der Waals surface area (Å²) >= 11 is 0. The van der Waals surface area contributed by atoms with Crippen molar-refractivity contribution >= 4 is 11.8 Å². The highest BCUT2D eigenvalue weighted by molar-refractivity contribution is 5.96. The lowest BCUT2D eigenvalue weighted by Gasteiger charge is -2.35. The maximum atomic E-state index is 13.8. The van der Waals surface area contributed by atoms with Crippen LogP contribution >= 0.6 is 0 Å². The largest absolute Gasteiger partial charge is 0.459 e. The standard InChI is InChI=1S/C22H19FN2O3/c23-18-9-4-3-7-16(18)13-24-21(26)19-12-15-6-1-2-8-17(15)14-25(19)22(27)20-10-5-11-28-20/h1-11,19H,12-14H2,(H,24,26). The zero-order valence-electron chi connectivity index (χ0n) is 15.1. The van der Waals surface area contributed by atoms with Crippen LogP contribution in [-0.4, -0.2) is 22.8 Å². The van der Waals surface area contributed by atoms with E-state index < -0.39 is 6.04 Å². The second kappa shape index (κ2) is 7.68. The summed E-state index contributed by atoms with van der Waals surface area (Å²) in [4.78, 5) is 27.3. The van der Waals surface area contributed by atoms with Crippen LogP contribution in [-0.2, 0) is 24.3 Å². The van der Waals surface area contributed by atoms with Gasteiger partial charge in [-0.05, 0) is 29.3 Å². The molecule has 1 aliphatic rings. The molecule has 0 spiro atoms. The van der Waals surface area contributed by atoms with E-state index in [1.165, 1.54) is 17.2 Å². The van der Waals surface area contributed by atoms with Crippen molar-refractivity contribution in [3.8, 4) is 0 Å². The van der Waals surface area contributed by atoms with E-state index in [4.69, 9.17) is 4.42 Å². The quantitative estimate of drug-likeness (QED) is 0.758. The first-order valence-electron chi connectivity index (χ1n) is 9.06. The van der Waals surface area contributed by atoms with Crippen molar-refractivity contribution in [2.45, 2.75) is 25.6 Å². The minimum absolute atomic E-state index is 0.0619. The molecule has 1 aliphatic heterocycles. The number of nitrogens with zero attached hydrogens (tertiary/aromatic N) is 1. The molecule has 5 nitrogen and oxygen atoms in total. The van der Waals surface area contributed by atoms with Crippen LogP contribution in [0.3, 0.4) is 0 Å². The van der Waals surface area contributed by atoms with Crippen LogP contribution < -0.4 is 5.32 Å². The predicted octanol–water partition coefficient (Wildman–Crippen LogP) is 3.30. The Balaban J connectivity index is 1.57. The summed E-state index contributed by atoms with van der Waals surface area (Å²) in [6.07, 6.45) is 1.82. The second-order valence-corrected chi connectivity index (χ2v) is 6.71. The molecule has 2 amide bonds. The summed E-state index contributed by atoms with van der Waals surface area (Å²) in [5.74, 6) is -0.852. The molecule has 1 N–H and O–H groups in total. The fraction of sp³-hybridized carbons (Fsp3) is 0.182. The summed E-state index contributed by atoms with van der Waals surface area (Å²) in [5, 5.41) is 2.77. The van der Waals surface area contributed by atoms with Gasteiger partial charge in [-0.25, -0.2) is 4.39 Å². The average molecular weight is 378 g/mol. The molecular formula is C22H19FN2O3. The van der Waals surface area contributed by atoms with Crippen molar-refractivity contribution < 1.29 is 18.4 Å². The zero-order chi connectivity index (χ0) is 19.5. The van der Waals surface area contributed by atoms with E-state index in [0.717, 1.165) is 11.1 Å². The van der Waals surface area contributed by atoms with E-state index in [1.807, 2.05) is 24.3 Å². The lowest BCUT2D eigenvalue weighted by Crippen LogP contribution is -2.52. The summed E-state index contributed by atoms with van der Waals surface area (Å²) in [6.45, 7) is 0.375. The van der Waals surface area contributed by atoms with Gasteiger partial charge in [0.05, 0.1) is 6.26 Å². The number of carbonyl (C=O) groups excluding carboxylic acids is 2. The monoisotopic (exact) mass is 378 g/mol. The van der Waals surface area contributed by atoms with Crippen molar-refractivity contribution in [1.82, 2.24) is 10.2 Å². The maximum absolute atomic E-state index is 13.8. The highest BCUT2D eigenvalue weighted by Gasteiger charge is 2.35. The first kappa shape index (κ1) is 18.0. The Morgan fingerprint density at radius 2 is 1.79 bits per heavy atom. The Morgan fingerprint density at radius 3 is 2.54 bits per heavy atom. The summed E-state index contributed by atoms with van der Waals surface area (Å²) < 4.78 is 19.1. The maximum Gasteiger partial charge on any atom is 0.290 e. The van der Waals surface area contributed by atoms with Crippen LogP contribution in [0.15, 0.2) is 71.3 Å². The Kier molecular flexibility index (Phi) is 4.93. The number of benzene rings is 2. The Bertz CT molecular complexity index is 1000. The number of carbonyl (C=O) groups is 2. The number of halogens is 1. The van der Waals surface area contributed by atoms with Crippen molar-refractivity contribution in [2.75, 3.05) is 0 Å². The Hall–Kier alpha value is -3.41. The predicted molar refractivity (Wildman–Crippen MR) is 101 cm³/mol. The molecule has 2 heterocycles. The molecule has 0 radical (unpaired) electrons. The molecule has 1 unspecified atom stereocenters. The van der Waals surface area contributed by atoms with Crippen LogP contribution in [0.2, 0.25) is 0 Å². The zero-order valence-corrected chi connectivity index (χ0v) is 15.1. The normalized spacial score (nSPS) is 15.8. The van der Waals surface area contributed by atoms with Gasteiger partial charge in [0.15, 0.2) is 5.76 Å². The first-order chi connectivity index (χ1) is 13.6. The van der Waals surface area contributed by atoms with Crippen LogP contribution in [0.4, 0.5) is 4.39 Å². The van der Waals surface area contributed by atoms with Crippen molar-refractivity contribution in [3.05, 3.63) is 95.2 Å². The number of fused-ring (bicyclic) bond motifs is 1. The smallest absolute Gasteiger partial charge is 0.290 e. The Morgan fingerprint density at radius 1 is 1.04 bits per heavy atom. The van der Waals surface area contributed by atoms with Gasteiger partial charge in [-0.1, -0.05) is 42.5 Å². The molecule has 1 atom stereocenters. The van der Waals surface area contributed by atoms with Gasteiger partial charge in [0.1, 0.15) is 11.9 Å². The molecule has 3 aromatic rings. The van der Waals surface area contributed by atoms with Crippen molar-refractivity contribution in [2.24, 2.45) is 0 Å². The SMILES string of the molecule is O=C(NCc1ccccc1F)C1Cc2ccccc2CN1C(=O)c1ccco1. The van der Waals surface area contributed by atoms with Gasteiger partial charge in [0.25, 0.3) is 5.91 Å². The van der Waals surface area contributed by atoms with Crippen molar-refractivity contribution in [1.29, 1.82) is 0 Å². The minimum Gasteiger partial charge on any atom is -0.459 e. The average Bonchev–Trinajstić information content (AvgIpc) is 3.26. The van der Waals surface area contributed by atoms with Gasteiger partial charge in [-0.3, -0.25) is 9.59 Å². The molecular weight excluding hydrogens is 359 g/mol. The van der Waals surface area contributed by atoms with Gasteiger partial charge < -0.3 is 14.6 Å². The molecule has 0 saturated carbocycles. The fourth-order valence-electron chi connectivity index (χ4n) is 3.45. The molecule has 1 aromatic heterocycles. The van der Waals surface area contributed by atoms with Crippen LogP contribution in [0, 0.1) is 5.82 Å². The van der Waals surface area contributed by atoms with E-state index >= 15 is 0 Å². The van der Waals surface area contributed by atoms with Gasteiger partial charge >= 0.3 is 0 Å². The highest BCUT2D eigenvalue weighted by atomic mass is 19.1. The molecule has 28 heavy (non-hydrogen) atoms. The summed E-state index contributed by atoms with van der Waals surface area (Å²) in [6, 6.07) is 16.5. The third-order valence-corrected chi connectivity index (χ3v) is 4.95. The topological polar surface area (TPSA) is 62.6 Å². The third-order valence-electron chi connectivity index (χ3n) is 4.95. The number of hydrogen-bond donors (Lipinski definition) is 1. The van der Waals surface area contributed by atoms with E-state index in [0.29, 0.717) is 18.5 Å². The number of furan rings is 1. The number of nitrogens with one attached hydrogen (secondary N) is 1. The van der Waals surface area contributed by atoms with Gasteiger partial charge in [-0.15, -0.1) is 0 Å². The molecule has 2 aromatic carbocycles. The Labute approximate surface area is 161 Å². The van der Waals surface area contributed by atoms with E-state index in [9.17, 15) is 14.0 Å². The van der Waals surface area contributed by atoms with Crippen molar-refractivity contribution in [3.63, 3.8) is 0 Å². The molecule has 4 rings (SSSR count). The highest BCUT2D eigenvalue weighted by Crippen LogP contribution is 2.25. The second-order valence-electron chi connectivity index (χ2n) is 6.71. The molecule has 6 heteroatoms. The van der Waals surface area contributed by atoms with Gasteiger partial charge in [-0.2, -0.15) is 0 Å². The molecule has 0 fully saturated rings. The molecule has 142 valence electrons. The molecule has 0 bridgehead atoms. The summed E-state index contributed by atoms with van der Waals surface area (Å²) in [7, 11) is 0. The number of rotatable bonds is 4. The summed E-state index contributed by atoms with van der Waals surface area (Å²) in [5.41, 5.74) is 2.42. The number of amides is 2. The van der Waals surface area contributed by atoms with Crippen LogP contribution in [0.25, 0.3) is 0 Å². The molecule has 0 saturated heterocycles.